The molecule has 0 saturated carbocycles. The molecule has 2 aromatic rings. The number of rotatable bonds is 7. The molecule has 5 nitrogen and oxygen atoms in total. The first kappa shape index (κ1) is 18.5. The minimum Gasteiger partial charge on any atom is -0.493 e. The third-order valence-electron chi connectivity index (χ3n) is 4.29. The Kier molecular flexibility index (Phi) is 5.61. The highest BCUT2D eigenvalue weighted by Crippen LogP contribution is 2.26. The minimum atomic E-state index is -3.62. The van der Waals surface area contributed by atoms with Crippen molar-refractivity contribution in [2.24, 2.45) is 4.99 Å². The van der Waals surface area contributed by atoms with Crippen LogP contribution in [0.15, 0.2) is 58.4 Å². The molecule has 0 aliphatic carbocycles. The van der Waals surface area contributed by atoms with Gasteiger partial charge in [-0.05, 0) is 42.7 Å². The average Bonchev–Trinajstić information content (AvgIpc) is 3.10. The van der Waals surface area contributed by atoms with Gasteiger partial charge >= 0.3 is 0 Å². The van der Waals surface area contributed by atoms with Crippen molar-refractivity contribution in [1.29, 1.82) is 0 Å². The summed E-state index contributed by atoms with van der Waals surface area (Å²) in [6, 6.07) is 14.8. The minimum absolute atomic E-state index is 0.279. The summed E-state index contributed by atoms with van der Waals surface area (Å²) in [7, 11) is -3.62. The zero-order chi connectivity index (χ0) is 18.6. The molecule has 0 amide bonds. The summed E-state index contributed by atoms with van der Waals surface area (Å²) in [6.07, 6.45) is 1.42. The van der Waals surface area contributed by atoms with Gasteiger partial charge in [0.1, 0.15) is 11.6 Å². The van der Waals surface area contributed by atoms with Crippen molar-refractivity contribution in [2.45, 2.75) is 31.6 Å². The fraction of sp³-hybridized carbons (Fsp3) is 0.350. The highest BCUT2D eigenvalue weighted by atomic mass is 32.2. The molecule has 0 atom stereocenters. The molecule has 0 bridgehead atoms. The maximum atomic E-state index is 13.1. The molecule has 0 unspecified atom stereocenters. The number of nitrogens with zero attached hydrogens (tertiary/aromatic N) is 2. The van der Waals surface area contributed by atoms with Crippen LogP contribution in [0.2, 0.25) is 0 Å². The predicted octanol–water partition coefficient (Wildman–Crippen LogP) is 3.43. The van der Waals surface area contributed by atoms with Gasteiger partial charge < -0.3 is 4.74 Å². The van der Waals surface area contributed by atoms with Gasteiger partial charge in [0.15, 0.2) is 0 Å². The van der Waals surface area contributed by atoms with Crippen LogP contribution in [0, 0.1) is 6.92 Å². The Bertz CT molecular complexity index is 893. The zero-order valence-electron chi connectivity index (χ0n) is 15.2. The van der Waals surface area contributed by atoms with E-state index in [0.717, 1.165) is 23.3 Å². The Hall–Kier alpha value is -2.34. The number of hydrogen-bond donors (Lipinski definition) is 0. The first-order valence-corrected chi connectivity index (χ1v) is 10.3. The molecule has 0 aromatic heterocycles. The normalized spacial score (nSPS) is 14.4. The number of aryl methyl sites for hydroxylation is 1. The smallest absolute Gasteiger partial charge is 0.265 e. The molecule has 6 heteroatoms. The lowest BCUT2D eigenvalue weighted by molar-refractivity contribution is 0.315. The number of hydrogen-bond acceptors (Lipinski definition) is 4. The number of amidine groups is 1. The second-order valence-electron chi connectivity index (χ2n) is 6.31. The van der Waals surface area contributed by atoms with Crippen LogP contribution in [0.5, 0.6) is 5.75 Å². The molecule has 0 N–H and O–H groups in total. The predicted molar refractivity (Wildman–Crippen MR) is 103 cm³/mol. The quantitative estimate of drug-likeness (QED) is 0.748. The van der Waals surface area contributed by atoms with E-state index in [9.17, 15) is 8.42 Å². The van der Waals surface area contributed by atoms with Crippen molar-refractivity contribution in [3.63, 3.8) is 0 Å². The largest absolute Gasteiger partial charge is 0.493 e. The van der Waals surface area contributed by atoms with Crippen LogP contribution in [-0.4, -0.2) is 38.3 Å². The van der Waals surface area contributed by atoms with Gasteiger partial charge in [-0.15, -0.1) is 0 Å². The van der Waals surface area contributed by atoms with Crippen LogP contribution in [0.25, 0.3) is 0 Å². The molecule has 0 saturated heterocycles. The Morgan fingerprint density at radius 2 is 1.92 bits per heavy atom. The van der Waals surface area contributed by atoms with E-state index < -0.39 is 10.0 Å². The molecule has 3 rings (SSSR count). The number of ether oxygens (including phenoxy) is 1. The van der Waals surface area contributed by atoms with Crippen molar-refractivity contribution in [1.82, 2.24) is 4.31 Å². The van der Waals surface area contributed by atoms with Crippen molar-refractivity contribution >= 4 is 15.9 Å². The van der Waals surface area contributed by atoms with Gasteiger partial charge in [-0.25, -0.2) is 8.42 Å². The molecule has 1 heterocycles. The molecule has 2 aromatic carbocycles. The summed E-state index contributed by atoms with van der Waals surface area (Å²) in [6.45, 7) is 5.41. The number of aliphatic imine (C=N–C) groups is 1. The second-order valence-corrected chi connectivity index (χ2v) is 8.18. The van der Waals surface area contributed by atoms with Gasteiger partial charge in [-0.1, -0.05) is 37.3 Å². The van der Waals surface area contributed by atoms with Crippen LogP contribution in [0.1, 0.15) is 24.5 Å². The SMILES string of the molecule is CCCOc1ccc(S(=O)(=O)N2CCN=C2Cc2ccccc2)cc1C. The third kappa shape index (κ3) is 3.90. The van der Waals surface area contributed by atoms with Gasteiger partial charge in [-0.2, -0.15) is 0 Å². The van der Waals surface area contributed by atoms with Crippen molar-refractivity contribution < 1.29 is 13.2 Å². The van der Waals surface area contributed by atoms with Gasteiger partial charge in [0.2, 0.25) is 0 Å². The fourth-order valence-electron chi connectivity index (χ4n) is 2.94. The van der Waals surface area contributed by atoms with Crippen LogP contribution < -0.4 is 4.74 Å². The second kappa shape index (κ2) is 7.91. The van der Waals surface area contributed by atoms with E-state index in [-0.39, 0.29) is 4.90 Å². The van der Waals surface area contributed by atoms with E-state index in [1.807, 2.05) is 44.2 Å². The molecule has 1 aliphatic rings. The molecule has 138 valence electrons. The van der Waals surface area contributed by atoms with Gasteiger partial charge in [0.05, 0.1) is 24.6 Å². The average molecular weight is 372 g/mol. The lowest BCUT2D eigenvalue weighted by Crippen LogP contribution is -2.35. The molecular weight excluding hydrogens is 348 g/mol. The molecule has 0 spiro atoms. The Labute approximate surface area is 155 Å². The van der Waals surface area contributed by atoms with Crippen LogP contribution in [0.4, 0.5) is 0 Å². The van der Waals surface area contributed by atoms with E-state index in [1.165, 1.54) is 4.31 Å². The summed E-state index contributed by atoms with van der Waals surface area (Å²) in [4.78, 5) is 4.70. The maximum Gasteiger partial charge on any atom is 0.265 e. The highest BCUT2D eigenvalue weighted by Gasteiger charge is 2.30. The van der Waals surface area contributed by atoms with Crippen LogP contribution >= 0.6 is 0 Å². The summed E-state index contributed by atoms with van der Waals surface area (Å²) < 4.78 is 33.3. The Balaban J connectivity index is 1.83. The Morgan fingerprint density at radius 1 is 1.15 bits per heavy atom. The first-order chi connectivity index (χ1) is 12.5. The highest BCUT2D eigenvalue weighted by molar-refractivity contribution is 7.89. The third-order valence-corrected chi connectivity index (χ3v) is 6.11. The van der Waals surface area contributed by atoms with E-state index >= 15 is 0 Å². The topological polar surface area (TPSA) is 59.0 Å². The maximum absolute atomic E-state index is 13.1. The van der Waals surface area contributed by atoms with Crippen molar-refractivity contribution in [3.05, 3.63) is 59.7 Å². The monoisotopic (exact) mass is 372 g/mol. The molecular formula is C20H24N2O3S. The Morgan fingerprint density at radius 3 is 2.62 bits per heavy atom. The lowest BCUT2D eigenvalue weighted by Gasteiger charge is -2.21. The fourth-order valence-corrected chi connectivity index (χ4v) is 4.48. The molecule has 26 heavy (non-hydrogen) atoms. The van der Waals surface area contributed by atoms with Gasteiger partial charge in [0.25, 0.3) is 10.0 Å². The molecule has 1 aliphatic heterocycles. The summed E-state index contributed by atoms with van der Waals surface area (Å²) in [5, 5.41) is 0. The summed E-state index contributed by atoms with van der Waals surface area (Å²) >= 11 is 0. The van der Waals surface area contributed by atoms with E-state index in [4.69, 9.17) is 4.74 Å². The van der Waals surface area contributed by atoms with Gasteiger partial charge in [-0.3, -0.25) is 9.30 Å². The van der Waals surface area contributed by atoms with Crippen molar-refractivity contribution in [2.75, 3.05) is 19.7 Å². The van der Waals surface area contributed by atoms with E-state index in [1.54, 1.807) is 18.2 Å². The van der Waals surface area contributed by atoms with Crippen LogP contribution in [0.3, 0.4) is 0 Å². The molecule has 0 fully saturated rings. The zero-order valence-corrected chi connectivity index (χ0v) is 16.0. The number of sulfonamides is 1. The van der Waals surface area contributed by atoms with Crippen LogP contribution in [-0.2, 0) is 16.4 Å². The summed E-state index contributed by atoms with van der Waals surface area (Å²) in [5.74, 6) is 1.32. The van der Waals surface area contributed by atoms with Gasteiger partial charge in [0, 0.05) is 6.42 Å². The summed E-state index contributed by atoms with van der Waals surface area (Å²) in [5.41, 5.74) is 1.87. The van der Waals surface area contributed by atoms with Crippen molar-refractivity contribution in [3.8, 4) is 5.75 Å². The standard InChI is InChI=1S/C20H24N2O3S/c1-3-13-25-19-10-9-18(14-16(19)2)26(23,24)22-12-11-21-20(22)15-17-7-5-4-6-8-17/h4-10,14H,3,11-13,15H2,1-2H3. The number of benzene rings is 2. The molecule has 0 radical (unpaired) electrons. The van der Waals surface area contributed by atoms with E-state index in [2.05, 4.69) is 4.99 Å². The van der Waals surface area contributed by atoms with E-state index in [0.29, 0.717) is 32.0 Å². The lowest BCUT2D eigenvalue weighted by atomic mass is 10.1. The first-order valence-electron chi connectivity index (χ1n) is 8.86.